The first-order valence-corrected chi connectivity index (χ1v) is 7.44. The molecule has 0 bridgehead atoms. The van der Waals surface area contributed by atoms with Crippen LogP contribution in [0.5, 0.6) is 0 Å². The van der Waals surface area contributed by atoms with Crippen molar-refractivity contribution >= 4 is 5.97 Å². The highest BCUT2D eigenvalue weighted by Gasteiger charge is 2.39. The standard InChI is InChI=1S/C16H28O2/c1-5-14-11-9-7-8-10-12-16(14,6-2)18-15(17)13(3)4/h14H,3,5-12H2,1-2,4H3. The molecular formula is C16H28O2. The zero-order valence-electron chi connectivity index (χ0n) is 12.3. The summed E-state index contributed by atoms with van der Waals surface area (Å²) in [5, 5.41) is 0. The Morgan fingerprint density at radius 1 is 1.28 bits per heavy atom. The van der Waals surface area contributed by atoms with Crippen molar-refractivity contribution in [3.8, 4) is 0 Å². The van der Waals surface area contributed by atoms with Crippen LogP contribution in [-0.4, -0.2) is 11.6 Å². The first kappa shape index (κ1) is 15.3. The van der Waals surface area contributed by atoms with Gasteiger partial charge in [-0.25, -0.2) is 4.79 Å². The number of carbonyl (C=O) groups is 1. The summed E-state index contributed by atoms with van der Waals surface area (Å²) in [5.41, 5.74) is 0.269. The molecule has 2 atom stereocenters. The van der Waals surface area contributed by atoms with Crippen LogP contribution in [-0.2, 0) is 9.53 Å². The molecule has 0 N–H and O–H groups in total. The van der Waals surface area contributed by atoms with Gasteiger partial charge in [-0.05, 0) is 44.9 Å². The smallest absolute Gasteiger partial charge is 0.333 e. The molecule has 2 unspecified atom stereocenters. The molecule has 0 aromatic carbocycles. The van der Waals surface area contributed by atoms with Gasteiger partial charge in [0.05, 0.1) is 0 Å². The van der Waals surface area contributed by atoms with Crippen molar-refractivity contribution in [1.82, 2.24) is 0 Å². The topological polar surface area (TPSA) is 26.3 Å². The molecule has 0 aromatic heterocycles. The third kappa shape index (κ3) is 3.60. The molecule has 18 heavy (non-hydrogen) atoms. The lowest BCUT2D eigenvalue weighted by atomic mass is 9.74. The van der Waals surface area contributed by atoms with Crippen LogP contribution >= 0.6 is 0 Å². The summed E-state index contributed by atoms with van der Waals surface area (Å²) in [6.07, 6.45) is 9.25. The van der Waals surface area contributed by atoms with E-state index in [0.717, 1.165) is 19.3 Å². The van der Waals surface area contributed by atoms with Crippen LogP contribution < -0.4 is 0 Å². The largest absolute Gasteiger partial charge is 0.455 e. The SMILES string of the molecule is C=C(C)C(=O)OC1(CC)CCCCCCC1CC. The molecule has 1 saturated carbocycles. The van der Waals surface area contributed by atoms with Crippen molar-refractivity contribution in [2.24, 2.45) is 5.92 Å². The van der Waals surface area contributed by atoms with Crippen molar-refractivity contribution in [3.63, 3.8) is 0 Å². The van der Waals surface area contributed by atoms with Gasteiger partial charge in [0, 0.05) is 5.57 Å². The number of carbonyl (C=O) groups excluding carboxylic acids is 1. The molecule has 0 heterocycles. The summed E-state index contributed by atoms with van der Waals surface area (Å²) >= 11 is 0. The van der Waals surface area contributed by atoms with Gasteiger partial charge in [-0.2, -0.15) is 0 Å². The monoisotopic (exact) mass is 252 g/mol. The van der Waals surface area contributed by atoms with Crippen molar-refractivity contribution < 1.29 is 9.53 Å². The molecule has 0 amide bonds. The van der Waals surface area contributed by atoms with Crippen LogP contribution in [0.4, 0.5) is 0 Å². The molecule has 1 rings (SSSR count). The van der Waals surface area contributed by atoms with Gasteiger partial charge >= 0.3 is 5.97 Å². The van der Waals surface area contributed by atoms with E-state index in [2.05, 4.69) is 20.4 Å². The predicted molar refractivity (Wildman–Crippen MR) is 75.4 cm³/mol. The van der Waals surface area contributed by atoms with E-state index >= 15 is 0 Å². The molecule has 1 fully saturated rings. The van der Waals surface area contributed by atoms with Crippen LogP contribution in [0.25, 0.3) is 0 Å². The summed E-state index contributed by atoms with van der Waals surface area (Å²) in [7, 11) is 0. The van der Waals surface area contributed by atoms with E-state index in [-0.39, 0.29) is 11.6 Å². The Labute approximate surface area is 112 Å². The number of hydrogen-bond donors (Lipinski definition) is 0. The predicted octanol–water partition coefficient (Wildman–Crippen LogP) is 4.63. The van der Waals surface area contributed by atoms with Crippen molar-refractivity contribution in [2.45, 2.75) is 77.7 Å². The Morgan fingerprint density at radius 3 is 2.50 bits per heavy atom. The minimum absolute atomic E-state index is 0.212. The van der Waals surface area contributed by atoms with E-state index in [1.807, 2.05) is 0 Å². The molecule has 104 valence electrons. The lowest BCUT2D eigenvalue weighted by molar-refractivity contribution is -0.165. The van der Waals surface area contributed by atoms with Gasteiger partial charge in [-0.15, -0.1) is 0 Å². The maximum atomic E-state index is 11.9. The lowest BCUT2D eigenvalue weighted by Crippen LogP contribution is -2.43. The fraction of sp³-hybridized carbons (Fsp3) is 0.812. The van der Waals surface area contributed by atoms with Gasteiger partial charge in [0.1, 0.15) is 5.60 Å². The molecule has 0 spiro atoms. The fourth-order valence-corrected chi connectivity index (χ4v) is 3.16. The molecule has 0 aromatic rings. The third-order valence-corrected chi connectivity index (χ3v) is 4.38. The van der Waals surface area contributed by atoms with Gasteiger partial charge in [0.25, 0.3) is 0 Å². The molecule has 1 aliphatic rings. The minimum Gasteiger partial charge on any atom is -0.455 e. The number of ether oxygens (including phenoxy) is 1. The Kier molecular flexibility index (Phi) is 5.90. The van der Waals surface area contributed by atoms with Crippen molar-refractivity contribution in [2.75, 3.05) is 0 Å². The highest BCUT2D eigenvalue weighted by Crippen LogP contribution is 2.39. The molecule has 2 nitrogen and oxygen atoms in total. The second-order valence-corrected chi connectivity index (χ2v) is 5.65. The highest BCUT2D eigenvalue weighted by molar-refractivity contribution is 5.87. The second kappa shape index (κ2) is 6.96. The van der Waals surface area contributed by atoms with E-state index in [1.165, 1.54) is 32.1 Å². The Hall–Kier alpha value is -0.790. The number of rotatable bonds is 4. The normalized spacial score (nSPS) is 29.2. The van der Waals surface area contributed by atoms with Crippen LogP contribution in [0.2, 0.25) is 0 Å². The Morgan fingerprint density at radius 2 is 1.94 bits per heavy atom. The van der Waals surface area contributed by atoms with E-state index in [9.17, 15) is 4.79 Å². The molecule has 0 aliphatic heterocycles. The second-order valence-electron chi connectivity index (χ2n) is 5.65. The quantitative estimate of drug-likeness (QED) is 0.538. The van der Waals surface area contributed by atoms with Crippen molar-refractivity contribution in [1.29, 1.82) is 0 Å². The molecule has 1 aliphatic carbocycles. The van der Waals surface area contributed by atoms with Gasteiger partial charge in [-0.1, -0.05) is 39.7 Å². The Balaban J connectivity index is 2.88. The van der Waals surface area contributed by atoms with E-state index in [4.69, 9.17) is 4.74 Å². The first-order valence-electron chi connectivity index (χ1n) is 7.44. The van der Waals surface area contributed by atoms with E-state index in [0.29, 0.717) is 11.5 Å². The van der Waals surface area contributed by atoms with Gasteiger partial charge < -0.3 is 4.74 Å². The van der Waals surface area contributed by atoms with Crippen LogP contribution in [0.15, 0.2) is 12.2 Å². The van der Waals surface area contributed by atoms with Crippen LogP contribution in [0.3, 0.4) is 0 Å². The van der Waals surface area contributed by atoms with Gasteiger partial charge in [0.15, 0.2) is 0 Å². The summed E-state index contributed by atoms with van der Waals surface area (Å²) in [4.78, 5) is 11.9. The average Bonchev–Trinajstić information content (AvgIpc) is 2.33. The summed E-state index contributed by atoms with van der Waals surface area (Å²) < 4.78 is 5.89. The van der Waals surface area contributed by atoms with E-state index in [1.54, 1.807) is 6.92 Å². The first-order chi connectivity index (χ1) is 8.55. The van der Waals surface area contributed by atoms with Gasteiger partial charge in [0.2, 0.25) is 0 Å². The summed E-state index contributed by atoms with van der Waals surface area (Å²) in [6.45, 7) is 9.80. The van der Waals surface area contributed by atoms with Crippen molar-refractivity contribution in [3.05, 3.63) is 12.2 Å². The zero-order chi connectivity index (χ0) is 13.6. The Bertz CT molecular complexity index is 295. The third-order valence-electron chi connectivity index (χ3n) is 4.38. The van der Waals surface area contributed by atoms with E-state index < -0.39 is 0 Å². The highest BCUT2D eigenvalue weighted by atomic mass is 16.6. The molecular weight excluding hydrogens is 224 g/mol. The number of esters is 1. The average molecular weight is 252 g/mol. The molecule has 0 saturated heterocycles. The van der Waals surface area contributed by atoms with Gasteiger partial charge in [-0.3, -0.25) is 0 Å². The molecule has 0 radical (unpaired) electrons. The van der Waals surface area contributed by atoms with Crippen LogP contribution in [0, 0.1) is 5.92 Å². The lowest BCUT2D eigenvalue weighted by Gasteiger charge is -2.41. The number of hydrogen-bond acceptors (Lipinski definition) is 2. The minimum atomic E-state index is -0.245. The molecule has 2 heteroatoms. The maximum Gasteiger partial charge on any atom is 0.333 e. The summed E-state index contributed by atoms with van der Waals surface area (Å²) in [5.74, 6) is 0.293. The fourth-order valence-electron chi connectivity index (χ4n) is 3.16. The maximum absolute atomic E-state index is 11.9. The zero-order valence-corrected chi connectivity index (χ0v) is 12.3. The summed E-state index contributed by atoms with van der Waals surface area (Å²) in [6, 6.07) is 0. The van der Waals surface area contributed by atoms with Crippen LogP contribution in [0.1, 0.15) is 72.1 Å².